The summed E-state index contributed by atoms with van der Waals surface area (Å²) < 4.78 is 67.3. The molecule has 1 aliphatic heterocycles. The molecule has 4 rings (SSSR count). The number of aryl methyl sites for hydroxylation is 1. The fourth-order valence-corrected chi connectivity index (χ4v) is 6.01. The van der Waals surface area contributed by atoms with Crippen molar-refractivity contribution in [1.29, 1.82) is 0 Å². The van der Waals surface area contributed by atoms with Gasteiger partial charge in [0.25, 0.3) is 0 Å². The van der Waals surface area contributed by atoms with Crippen LogP contribution in [0.4, 0.5) is 13.2 Å². The maximum absolute atomic E-state index is 13.0. The average molecular weight is 417 g/mol. The highest BCUT2D eigenvalue weighted by atomic mass is 32.2. The van der Waals surface area contributed by atoms with Crippen molar-refractivity contribution in [2.24, 2.45) is 5.92 Å². The molecular weight excluding hydrogens is 395 g/mol. The highest BCUT2D eigenvalue weighted by Crippen LogP contribution is 2.57. The number of hydrogen-bond donors (Lipinski definition) is 0. The predicted molar refractivity (Wildman–Crippen MR) is 95.5 cm³/mol. The minimum Gasteiger partial charge on any atom is -0.375 e. The average Bonchev–Trinajstić information content (AvgIpc) is 2.59. The molecule has 9 heteroatoms. The van der Waals surface area contributed by atoms with Gasteiger partial charge in [-0.05, 0) is 56.8 Å². The van der Waals surface area contributed by atoms with Crippen LogP contribution in [0.25, 0.3) is 0 Å². The van der Waals surface area contributed by atoms with Gasteiger partial charge in [0.2, 0.25) is 0 Å². The molecule has 1 unspecified atom stereocenters. The number of carbonyl (C=O) groups is 1. The largest absolute Gasteiger partial charge is 0.534 e. The molecule has 2 bridgehead atoms. The van der Waals surface area contributed by atoms with E-state index in [-0.39, 0.29) is 29.9 Å². The number of Topliss-reactive ketones (excluding diaryl/α,β-unsaturated/α-hetero) is 1. The van der Waals surface area contributed by atoms with Gasteiger partial charge in [-0.2, -0.15) is 21.6 Å². The second-order valence-electron chi connectivity index (χ2n) is 8.25. The van der Waals surface area contributed by atoms with Gasteiger partial charge < -0.3 is 9.08 Å². The van der Waals surface area contributed by atoms with Crippen LogP contribution < -0.4 is 4.18 Å². The summed E-state index contributed by atoms with van der Waals surface area (Å²) in [4.78, 5) is 14.6. The van der Waals surface area contributed by atoms with Crippen LogP contribution in [0, 0.1) is 12.8 Å². The van der Waals surface area contributed by atoms with Crippen LogP contribution in [0.15, 0.2) is 12.1 Å². The van der Waals surface area contributed by atoms with Crippen LogP contribution in [0.2, 0.25) is 0 Å². The minimum absolute atomic E-state index is 0.0681. The molecule has 1 aromatic rings. The first-order valence-corrected chi connectivity index (χ1v) is 10.7. The predicted octanol–water partition coefficient (Wildman–Crippen LogP) is 3.09. The smallest absolute Gasteiger partial charge is 0.375 e. The highest BCUT2D eigenvalue weighted by Gasteiger charge is 2.57. The Balaban J connectivity index is 1.93. The third-order valence-electron chi connectivity index (χ3n) is 6.74. The van der Waals surface area contributed by atoms with Gasteiger partial charge in [0.15, 0.2) is 0 Å². The first-order valence-electron chi connectivity index (χ1n) is 9.32. The summed E-state index contributed by atoms with van der Waals surface area (Å²) in [5.74, 6) is -0.0785. The summed E-state index contributed by atoms with van der Waals surface area (Å²) in [6.07, 6.45) is 2.53. The van der Waals surface area contributed by atoms with Crippen LogP contribution in [0.1, 0.15) is 42.4 Å². The molecule has 5 nitrogen and oxygen atoms in total. The molecule has 1 saturated heterocycles. The summed E-state index contributed by atoms with van der Waals surface area (Å²) in [5, 5.41) is 0. The Bertz CT molecular complexity index is 943. The van der Waals surface area contributed by atoms with Crippen molar-refractivity contribution in [3.63, 3.8) is 0 Å². The molecule has 3 atom stereocenters. The van der Waals surface area contributed by atoms with Crippen LogP contribution in [-0.4, -0.2) is 44.2 Å². The number of ketones is 1. The van der Waals surface area contributed by atoms with Gasteiger partial charge in [0, 0.05) is 29.9 Å². The number of fused-ring (bicyclic) bond motifs is 1. The lowest BCUT2D eigenvalue weighted by molar-refractivity contribution is -0.126. The van der Waals surface area contributed by atoms with Crippen molar-refractivity contribution in [3.05, 3.63) is 28.8 Å². The number of hydrogen-bond acceptors (Lipinski definition) is 5. The molecule has 28 heavy (non-hydrogen) atoms. The van der Waals surface area contributed by atoms with E-state index in [0.717, 1.165) is 5.56 Å². The highest BCUT2D eigenvalue weighted by molar-refractivity contribution is 7.88. The third kappa shape index (κ3) is 2.77. The van der Waals surface area contributed by atoms with E-state index < -0.39 is 21.0 Å². The Kier molecular flexibility index (Phi) is 4.36. The maximum Gasteiger partial charge on any atom is 0.534 e. The van der Waals surface area contributed by atoms with Crippen LogP contribution in [0.5, 0.6) is 5.75 Å². The Morgan fingerprint density at radius 3 is 2.68 bits per heavy atom. The summed E-state index contributed by atoms with van der Waals surface area (Å²) >= 11 is 0. The molecule has 0 radical (unpaired) electrons. The fourth-order valence-electron chi connectivity index (χ4n) is 5.48. The van der Waals surface area contributed by atoms with Crippen molar-refractivity contribution >= 4 is 15.9 Å². The van der Waals surface area contributed by atoms with E-state index in [9.17, 15) is 26.4 Å². The number of likely N-dealkylation sites (N-methyl/N-ethyl adjacent to an activating group) is 1. The summed E-state index contributed by atoms with van der Waals surface area (Å²) in [7, 11) is -3.77. The number of nitrogens with zero attached hydrogens (tertiary/aromatic N) is 1. The molecule has 2 aliphatic carbocycles. The first kappa shape index (κ1) is 19.7. The number of rotatable bonds is 2. The van der Waals surface area contributed by atoms with E-state index in [0.29, 0.717) is 43.4 Å². The molecule has 1 saturated carbocycles. The van der Waals surface area contributed by atoms with Crippen molar-refractivity contribution in [1.82, 2.24) is 4.90 Å². The van der Waals surface area contributed by atoms with E-state index in [2.05, 4.69) is 4.90 Å². The Labute approximate surface area is 162 Å². The molecule has 1 aromatic carbocycles. The van der Waals surface area contributed by atoms with Gasteiger partial charge in [-0.25, -0.2) is 0 Å². The zero-order chi connectivity index (χ0) is 20.5. The lowest BCUT2D eigenvalue weighted by Gasteiger charge is -2.58. The zero-order valence-electron chi connectivity index (χ0n) is 15.7. The molecule has 1 heterocycles. The number of benzene rings is 1. The standard InChI is InChI=1S/C19H22F3NO4S/c1-11-3-4-12-9-15-14-6-5-13(24)10-18(14,7-8-23(15)2)16(12)17(11)27-28(25,26)19(20,21)22/h3-4,14-15H,5-10H2,1-2H3/t14?,15-,18+/m1/s1. The van der Waals surface area contributed by atoms with Crippen LogP contribution >= 0.6 is 0 Å². The monoisotopic (exact) mass is 417 g/mol. The van der Waals surface area contributed by atoms with Crippen molar-refractivity contribution in [2.45, 2.75) is 56.0 Å². The van der Waals surface area contributed by atoms with Gasteiger partial charge in [-0.3, -0.25) is 4.79 Å². The second-order valence-corrected chi connectivity index (χ2v) is 9.79. The van der Waals surface area contributed by atoms with E-state index in [1.165, 1.54) is 0 Å². The fraction of sp³-hybridized carbons (Fsp3) is 0.632. The molecule has 0 amide bonds. The zero-order valence-corrected chi connectivity index (χ0v) is 16.5. The molecule has 0 N–H and O–H groups in total. The number of likely N-dealkylation sites (tertiary alicyclic amines) is 1. The summed E-state index contributed by atoms with van der Waals surface area (Å²) in [6.45, 7) is 2.24. The lowest BCUT2D eigenvalue weighted by Crippen LogP contribution is -2.61. The number of carbonyl (C=O) groups excluding carboxylic acids is 1. The normalized spacial score (nSPS) is 30.5. The van der Waals surface area contributed by atoms with Crippen molar-refractivity contribution < 1.29 is 30.6 Å². The minimum atomic E-state index is -5.79. The van der Waals surface area contributed by atoms with E-state index in [1.807, 2.05) is 13.1 Å². The molecule has 0 aromatic heterocycles. The van der Waals surface area contributed by atoms with Gasteiger partial charge in [-0.1, -0.05) is 12.1 Å². The Hall–Kier alpha value is -1.61. The van der Waals surface area contributed by atoms with Crippen molar-refractivity contribution in [2.75, 3.05) is 13.6 Å². The summed E-state index contributed by atoms with van der Waals surface area (Å²) in [5.41, 5.74) is -4.56. The lowest BCUT2D eigenvalue weighted by atomic mass is 9.52. The van der Waals surface area contributed by atoms with Crippen molar-refractivity contribution in [3.8, 4) is 5.75 Å². The van der Waals surface area contributed by atoms with E-state index >= 15 is 0 Å². The number of halogens is 3. The maximum atomic E-state index is 13.0. The third-order valence-corrected chi connectivity index (χ3v) is 7.70. The summed E-state index contributed by atoms with van der Waals surface area (Å²) in [6, 6.07) is 3.61. The molecule has 3 aliphatic rings. The molecular formula is C19H22F3NO4S. The quantitative estimate of drug-likeness (QED) is 0.547. The van der Waals surface area contributed by atoms with Crippen LogP contribution in [-0.2, 0) is 26.7 Å². The first-order chi connectivity index (χ1) is 13.0. The molecule has 2 fully saturated rings. The van der Waals surface area contributed by atoms with Crippen LogP contribution in [0.3, 0.4) is 0 Å². The number of alkyl halides is 3. The molecule has 0 spiro atoms. The topological polar surface area (TPSA) is 63.7 Å². The number of piperidine rings is 1. The second kappa shape index (κ2) is 6.19. The van der Waals surface area contributed by atoms with Gasteiger partial charge in [0.1, 0.15) is 11.5 Å². The van der Waals surface area contributed by atoms with E-state index in [4.69, 9.17) is 4.18 Å². The van der Waals surface area contributed by atoms with Gasteiger partial charge in [0.05, 0.1) is 0 Å². The van der Waals surface area contributed by atoms with Gasteiger partial charge >= 0.3 is 15.6 Å². The Morgan fingerprint density at radius 2 is 2.00 bits per heavy atom. The Morgan fingerprint density at radius 1 is 1.29 bits per heavy atom. The van der Waals surface area contributed by atoms with E-state index in [1.54, 1.807) is 13.0 Å². The molecule has 154 valence electrons. The van der Waals surface area contributed by atoms with Gasteiger partial charge in [-0.15, -0.1) is 0 Å². The SMILES string of the molecule is Cc1ccc2c(c1OS(=O)(=O)C(F)(F)F)[C@]13CCN(C)[C@H](C2)C1CCC(=O)C3.